The Kier molecular flexibility index (Phi) is 5.71. The third-order valence-corrected chi connectivity index (χ3v) is 5.77. The van der Waals surface area contributed by atoms with Gasteiger partial charge in [0.1, 0.15) is 12.3 Å². The van der Waals surface area contributed by atoms with Gasteiger partial charge in [-0.15, -0.1) is 0 Å². The minimum Gasteiger partial charge on any atom is -0.497 e. The molecule has 2 aromatic carbocycles. The molecule has 1 aliphatic heterocycles. The molecule has 1 N–H and O–H groups in total. The number of anilines is 2. The molecule has 1 saturated heterocycles. The molecule has 0 unspecified atom stereocenters. The number of thioether (sulfide) groups is 1. The standard InChI is InChI=1S/C21H22N4O3S/c1-28-16-8-6-15(7-9-16)22-19(26)14-25-21(27)18-5-3-2-4-17(18)20(23-25)24-10-12-29-13-11-24/h2-9H,10-14H2,1H3,(H,22,26). The van der Waals surface area contributed by atoms with Gasteiger partial charge in [-0.05, 0) is 30.3 Å². The Balaban J connectivity index is 1.63. The first-order valence-corrected chi connectivity index (χ1v) is 10.6. The number of aromatic nitrogens is 2. The normalized spacial score (nSPS) is 14.0. The highest BCUT2D eigenvalue weighted by atomic mass is 32.2. The van der Waals surface area contributed by atoms with Gasteiger partial charge in [-0.2, -0.15) is 16.9 Å². The van der Waals surface area contributed by atoms with Crippen LogP contribution in [-0.4, -0.2) is 47.4 Å². The molecule has 0 atom stereocenters. The van der Waals surface area contributed by atoms with Crippen molar-refractivity contribution in [2.24, 2.45) is 0 Å². The zero-order valence-electron chi connectivity index (χ0n) is 16.1. The number of hydrogen-bond donors (Lipinski definition) is 1. The minimum atomic E-state index is -0.305. The van der Waals surface area contributed by atoms with Gasteiger partial charge in [0.05, 0.1) is 12.5 Å². The van der Waals surface area contributed by atoms with Crippen LogP contribution in [0, 0.1) is 0 Å². The van der Waals surface area contributed by atoms with E-state index in [0.717, 1.165) is 35.8 Å². The molecule has 1 aliphatic rings. The van der Waals surface area contributed by atoms with Crippen molar-refractivity contribution in [1.29, 1.82) is 0 Å². The van der Waals surface area contributed by atoms with E-state index in [1.165, 1.54) is 4.68 Å². The van der Waals surface area contributed by atoms with Crippen molar-refractivity contribution in [3.63, 3.8) is 0 Å². The molecule has 1 aromatic heterocycles. The number of hydrogen-bond acceptors (Lipinski definition) is 6. The first-order valence-electron chi connectivity index (χ1n) is 9.42. The summed E-state index contributed by atoms with van der Waals surface area (Å²) >= 11 is 1.91. The van der Waals surface area contributed by atoms with Crippen molar-refractivity contribution >= 4 is 39.9 Å². The van der Waals surface area contributed by atoms with Gasteiger partial charge in [0.15, 0.2) is 5.82 Å². The zero-order valence-corrected chi connectivity index (χ0v) is 16.9. The van der Waals surface area contributed by atoms with E-state index in [1.807, 2.05) is 30.0 Å². The van der Waals surface area contributed by atoms with E-state index in [9.17, 15) is 9.59 Å². The largest absolute Gasteiger partial charge is 0.497 e. The summed E-state index contributed by atoms with van der Waals surface area (Å²) in [7, 11) is 1.59. The van der Waals surface area contributed by atoms with Crippen molar-refractivity contribution in [1.82, 2.24) is 9.78 Å². The quantitative estimate of drug-likeness (QED) is 0.697. The smallest absolute Gasteiger partial charge is 0.275 e. The number of nitrogens with one attached hydrogen (secondary N) is 1. The number of benzene rings is 2. The van der Waals surface area contributed by atoms with E-state index in [1.54, 1.807) is 37.4 Å². The molecule has 8 heteroatoms. The van der Waals surface area contributed by atoms with Crippen molar-refractivity contribution < 1.29 is 9.53 Å². The number of methoxy groups -OCH3 is 1. The molecular weight excluding hydrogens is 388 g/mol. The van der Waals surface area contributed by atoms with Crippen LogP contribution in [0.3, 0.4) is 0 Å². The van der Waals surface area contributed by atoms with Crippen molar-refractivity contribution in [2.45, 2.75) is 6.54 Å². The summed E-state index contributed by atoms with van der Waals surface area (Å²) in [6.07, 6.45) is 0. The number of nitrogens with zero attached hydrogens (tertiary/aromatic N) is 3. The van der Waals surface area contributed by atoms with Gasteiger partial charge in [0.2, 0.25) is 5.91 Å². The number of carbonyl (C=O) groups is 1. The second-order valence-electron chi connectivity index (χ2n) is 6.71. The van der Waals surface area contributed by atoms with E-state index in [2.05, 4.69) is 15.3 Å². The Morgan fingerprint density at radius 2 is 1.79 bits per heavy atom. The van der Waals surface area contributed by atoms with Gasteiger partial charge < -0.3 is 15.0 Å². The van der Waals surface area contributed by atoms with Crippen LogP contribution in [0.15, 0.2) is 53.3 Å². The molecule has 0 bridgehead atoms. The lowest BCUT2D eigenvalue weighted by molar-refractivity contribution is -0.117. The van der Waals surface area contributed by atoms with E-state index in [4.69, 9.17) is 4.74 Å². The molecule has 7 nitrogen and oxygen atoms in total. The second kappa shape index (κ2) is 8.57. The van der Waals surface area contributed by atoms with Crippen LogP contribution in [0.1, 0.15) is 0 Å². The molecule has 4 rings (SSSR count). The lowest BCUT2D eigenvalue weighted by Gasteiger charge is -2.28. The summed E-state index contributed by atoms with van der Waals surface area (Å²) in [6, 6.07) is 14.5. The highest BCUT2D eigenvalue weighted by Crippen LogP contribution is 2.24. The van der Waals surface area contributed by atoms with Crippen LogP contribution in [0.2, 0.25) is 0 Å². The van der Waals surface area contributed by atoms with Crippen molar-refractivity contribution in [3.05, 3.63) is 58.9 Å². The summed E-state index contributed by atoms with van der Waals surface area (Å²) in [5, 5.41) is 8.78. The average molecular weight is 410 g/mol. The number of carbonyl (C=O) groups excluding carboxylic acids is 1. The molecule has 150 valence electrons. The van der Waals surface area contributed by atoms with Crippen LogP contribution in [0.5, 0.6) is 5.75 Å². The minimum absolute atomic E-state index is 0.148. The maximum atomic E-state index is 12.9. The van der Waals surface area contributed by atoms with Crippen LogP contribution >= 0.6 is 11.8 Å². The topological polar surface area (TPSA) is 76.5 Å². The number of amides is 1. The zero-order chi connectivity index (χ0) is 20.2. The molecule has 29 heavy (non-hydrogen) atoms. The fraction of sp³-hybridized carbons (Fsp3) is 0.286. The van der Waals surface area contributed by atoms with Crippen LogP contribution in [-0.2, 0) is 11.3 Å². The summed E-state index contributed by atoms with van der Waals surface area (Å²) < 4.78 is 6.39. The molecule has 0 radical (unpaired) electrons. The molecule has 0 saturated carbocycles. The van der Waals surface area contributed by atoms with Gasteiger partial charge in [-0.25, -0.2) is 4.68 Å². The summed E-state index contributed by atoms with van der Waals surface area (Å²) in [5.74, 6) is 3.21. The van der Waals surface area contributed by atoms with E-state index in [-0.39, 0.29) is 18.0 Å². The molecule has 3 aromatic rings. The van der Waals surface area contributed by atoms with Crippen molar-refractivity contribution in [3.8, 4) is 5.75 Å². The van der Waals surface area contributed by atoms with Gasteiger partial charge in [-0.3, -0.25) is 9.59 Å². The van der Waals surface area contributed by atoms with Gasteiger partial charge in [-0.1, -0.05) is 18.2 Å². The van der Waals surface area contributed by atoms with Crippen molar-refractivity contribution in [2.75, 3.05) is 41.9 Å². The molecule has 1 amide bonds. The Morgan fingerprint density at radius 3 is 2.48 bits per heavy atom. The first-order chi connectivity index (χ1) is 14.2. The van der Waals surface area contributed by atoms with E-state index >= 15 is 0 Å². The predicted molar refractivity (Wildman–Crippen MR) is 117 cm³/mol. The van der Waals surface area contributed by atoms with Crippen LogP contribution in [0.4, 0.5) is 11.5 Å². The summed E-state index contributed by atoms with van der Waals surface area (Å²) in [4.78, 5) is 27.7. The summed E-state index contributed by atoms with van der Waals surface area (Å²) in [6.45, 7) is 1.60. The molecule has 0 aliphatic carbocycles. The maximum Gasteiger partial charge on any atom is 0.275 e. The SMILES string of the molecule is COc1ccc(NC(=O)Cn2nc(N3CCSCC3)c3ccccc3c2=O)cc1. The van der Waals surface area contributed by atoms with Gasteiger partial charge >= 0.3 is 0 Å². The van der Waals surface area contributed by atoms with Gasteiger partial charge in [0, 0.05) is 35.7 Å². The third kappa shape index (κ3) is 4.22. The fourth-order valence-corrected chi connectivity index (χ4v) is 4.25. The lowest BCUT2D eigenvalue weighted by Crippen LogP contribution is -2.37. The highest BCUT2D eigenvalue weighted by Gasteiger charge is 2.19. The second-order valence-corrected chi connectivity index (χ2v) is 7.93. The molecule has 2 heterocycles. The Labute approximate surface area is 172 Å². The maximum absolute atomic E-state index is 12.9. The van der Waals surface area contributed by atoms with E-state index in [0.29, 0.717) is 16.8 Å². The number of fused-ring (bicyclic) bond motifs is 1. The van der Waals surface area contributed by atoms with E-state index < -0.39 is 0 Å². The monoisotopic (exact) mass is 410 g/mol. The highest BCUT2D eigenvalue weighted by molar-refractivity contribution is 7.99. The van der Waals surface area contributed by atoms with Crippen LogP contribution < -0.4 is 20.5 Å². The Morgan fingerprint density at radius 1 is 1.10 bits per heavy atom. The Bertz CT molecular complexity index is 1080. The third-order valence-electron chi connectivity index (χ3n) is 4.83. The predicted octanol–water partition coefficient (Wildman–Crippen LogP) is 2.60. The molecule has 0 spiro atoms. The summed E-state index contributed by atoms with van der Waals surface area (Å²) in [5.41, 5.74) is 0.374. The molecule has 1 fully saturated rings. The first kappa shape index (κ1) is 19.3. The Hall–Kier alpha value is -3.00. The molecular formula is C21H22N4O3S. The van der Waals surface area contributed by atoms with Crippen LogP contribution in [0.25, 0.3) is 10.8 Å². The number of rotatable bonds is 5. The lowest BCUT2D eigenvalue weighted by atomic mass is 10.1. The van der Waals surface area contributed by atoms with Gasteiger partial charge in [0.25, 0.3) is 5.56 Å². The number of ether oxygens (including phenoxy) is 1. The average Bonchev–Trinajstić information content (AvgIpc) is 2.77. The fourth-order valence-electron chi connectivity index (χ4n) is 3.34.